The van der Waals surface area contributed by atoms with Crippen LogP contribution in [0.4, 0.5) is 8.78 Å². The molecule has 19 heavy (non-hydrogen) atoms. The largest absolute Gasteiger partial charge is 0.479 e. The molecule has 0 bridgehead atoms. The van der Waals surface area contributed by atoms with Gasteiger partial charge in [0.1, 0.15) is 11.6 Å². The summed E-state index contributed by atoms with van der Waals surface area (Å²) in [5.41, 5.74) is -2.29. The van der Waals surface area contributed by atoms with Crippen LogP contribution in [-0.2, 0) is 15.1 Å². The van der Waals surface area contributed by atoms with Gasteiger partial charge in [-0.2, -0.15) is 0 Å². The summed E-state index contributed by atoms with van der Waals surface area (Å²) in [5.74, 6) is -3.59. The minimum atomic E-state index is -1.97. The molecule has 0 saturated carbocycles. The Hall–Kier alpha value is -1.98. The number of aryl methyl sites for hydroxylation is 1. The fourth-order valence-corrected chi connectivity index (χ4v) is 1.77. The number of likely N-dealkylation sites (N-methyl/N-ethyl adjacent to an activating group) is 1. The predicted molar refractivity (Wildman–Crippen MR) is 64.5 cm³/mol. The zero-order valence-corrected chi connectivity index (χ0v) is 11.1. The first-order valence-electron chi connectivity index (χ1n) is 5.56. The highest BCUT2D eigenvalue weighted by atomic mass is 19.1. The maximum atomic E-state index is 13.9. The summed E-state index contributed by atoms with van der Waals surface area (Å²) < 4.78 is 27.5. The number of rotatable bonds is 3. The van der Waals surface area contributed by atoms with Gasteiger partial charge in [-0.3, -0.25) is 4.79 Å². The standard InChI is InChI=1S/C13H15F2NO3/c1-7-5-11(15)9(6-10(7)14)13(3,12(18)19)16(4)8(2)17/h5-6H,1-4H3,(H,18,19). The molecule has 104 valence electrons. The third-order valence-electron chi connectivity index (χ3n) is 3.33. The number of aliphatic carboxylic acids is 1. The molecular weight excluding hydrogens is 256 g/mol. The molecular formula is C13H15F2NO3. The first kappa shape index (κ1) is 15.1. The number of hydrogen-bond donors (Lipinski definition) is 1. The summed E-state index contributed by atoms with van der Waals surface area (Å²) in [7, 11) is 1.23. The molecule has 0 aliphatic carbocycles. The molecule has 0 aliphatic heterocycles. The lowest BCUT2D eigenvalue weighted by Crippen LogP contribution is -2.50. The maximum absolute atomic E-state index is 13.9. The van der Waals surface area contributed by atoms with Crippen LogP contribution < -0.4 is 0 Å². The lowest BCUT2D eigenvalue weighted by molar-refractivity contribution is -0.156. The summed E-state index contributed by atoms with van der Waals surface area (Å²) in [6, 6.07) is 1.73. The van der Waals surface area contributed by atoms with Crippen LogP contribution in [0, 0.1) is 18.6 Å². The van der Waals surface area contributed by atoms with Crippen molar-refractivity contribution in [1.29, 1.82) is 0 Å². The number of carbonyl (C=O) groups excluding carboxylic acids is 1. The Labute approximate surface area is 109 Å². The zero-order valence-electron chi connectivity index (χ0n) is 11.1. The van der Waals surface area contributed by atoms with Gasteiger partial charge in [-0.15, -0.1) is 0 Å². The monoisotopic (exact) mass is 271 g/mol. The Morgan fingerprint density at radius 3 is 2.21 bits per heavy atom. The van der Waals surface area contributed by atoms with Crippen molar-refractivity contribution in [2.75, 3.05) is 7.05 Å². The van der Waals surface area contributed by atoms with Crippen molar-refractivity contribution < 1.29 is 23.5 Å². The number of carboxylic acids is 1. The molecule has 1 unspecified atom stereocenters. The molecule has 4 nitrogen and oxygen atoms in total. The highest BCUT2D eigenvalue weighted by molar-refractivity contribution is 5.86. The Morgan fingerprint density at radius 1 is 1.26 bits per heavy atom. The molecule has 1 aromatic rings. The van der Waals surface area contributed by atoms with Crippen LogP contribution in [0.2, 0.25) is 0 Å². The number of amides is 1. The lowest BCUT2D eigenvalue weighted by Gasteiger charge is -2.35. The molecule has 1 rings (SSSR count). The van der Waals surface area contributed by atoms with Gasteiger partial charge in [0, 0.05) is 19.5 Å². The van der Waals surface area contributed by atoms with Crippen molar-refractivity contribution in [2.45, 2.75) is 26.3 Å². The number of hydrogen-bond acceptors (Lipinski definition) is 2. The van der Waals surface area contributed by atoms with Gasteiger partial charge in [-0.05, 0) is 31.5 Å². The molecule has 0 spiro atoms. The molecule has 6 heteroatoms. The summed E-state index contributed by atoms with van der Waals surface area (Å²) in [6.45, 7) is 3.68. The van der Waals surface area contributed by atoms with Crippen molar-refractivity contribution in [3.05, 3.63) is 34.9 Å². The molecule has 0 aliphatic rings. The minimum Gasteiger partial charge on any atom is -0.479 e. The van der Waals surface area contributed by atoms with Gasteiger partial charge < -0.3 is 10.0 Å². The fraction of sp³-hybridized carbons (Fsp3) is 0.385. The second-order valence-corrected chi connectivity index (χ2v) is 4.54. The second-order valence-electron chi connectivity index (χ2n) is 4.54. The van der Waals surface area contributed by atoms with Crippen molar-refractivity contribution in [3.63, 3.8) is 0 Å². The van der Waals surface area contributed by atoms with E-state index in [9.17, 15) is 23.5 Å². The highest BCUT2D eigenvalue weighted by Crippen LogP contribution is 2.31. The van der Waals surface area contributed by atoms with Crippen LogP contribution in [0.1, 0.15) is 25.0 Å². The third kappa shape index (κ3) is 2.43. The van der Waals surface area contributed by atoms with Crippen molar-refractivity contribution in [2.24, 2.45) is 0 Å². The Bertz CT molecular complexity index is 545. The Balaban J connectivity index is 3.56. The lowest BCUT2D eigenvalue weighted by atomic mass is 9.89. The van der Waals surface area contributed by atoms with Crippen LogP contribution in [-0.4, -0.2) is 28.9 Å². The van der Waals surface area contributed by atoms with Gasteiger partial charge >= 0.3 is 5.97 Å². The van der Waals surface area contributed by atoms with Gasteiger partial charge in [0.25, 0.3) is 0 Å². The first-order chi connectivity index (χ1) is 8.62. The van der Waals surface area contributed by atoms with Crippen molar-refractivity contribution in [1.82, 2.24) is 4.90 Å². The van der Waals surface area contributed by atoms with Crippen molar-refractivity contribution in [3.8, 4) is 0 Å². The van der Waals surface area contributed by atoms with E-state index < -0.39 is 29.0 Å². The number of halogens is 2. The molecule has 0 aromatic heterocycles. The minimum absolute atomic E-state index is 0.0690. The molecule has 1 amide bonds. The Morgan fingerprint density at radius 2 is 1.79 bits per heavy atom. The molecule has 0 heterocycles. The topological polar surface area (TPSA) is 57.6 Å². The molecule has 0 fully saturated rings. The van der Waals surface area contributed by atoms with E-state index in [1.54, 1.807) is 0 Å². The van der Waals surface area contributed by atoms with E-state index in [0.29, 0.717) is 0 Å². The summed E-state index contributed by atoms with van der Waals surface area (Å²) in [5, 5.41) is 9.31. The average molecular weight is 271 g/mol. The quantitative estimate of drug-likeness (QED) is 0.915. The number of carboxylic acid groups (broad SMARTS) is 1. The summed E-state index contributed by atoms with van der Waals surface area (Å²) >= 11 is 0. The summed E-state index contributed by atoms with van der Waals surface area (Å²) in [6.07, 6.45) is 0. The van der Waals surface area contributed by atoms with E-state index in [1.165, 1.54) is 14.0 Å². The van der Waals surface area contributed by atoms with E-state index in [2.05, 4.69) is 0 Å². The zero-order chi connectivity index (χ0) is 15.0. The van der Waals surface area contributed by atoms with Crippen LogP contribution in [0.25, 0.3) is 0 Å². The van der Waals surface area contributed by atoms with Gasteiger partial charge in [-0.1, -0.05) is 0 Å². The number of benzene rings is 1. The maximum Gasteiger partial charge on any atom is 0.334 e. The summed E-state index contributed by atoms with van der Waals surface area (Å²) in [4.78, 5) is 23.7. The second kappa shape index (κ2) is 4.95. The average Bonchev–Trinajstić information content (AvgIpc) is 2.31. The van der Waals surface area contributed by atoms with E-state index >= 15 is 0 Å². The third-order valence-corrected chi connectivity index (χ3v) is 3.33. The van der Waals surface area contributed by atoms with Crippen LogP contribution in [0.5, 0.6) is 0 Å². The smallest absolute Gasteiger partial charge is 0.334 e. The SMILES string of the molecule is CC(=O)N(C)C(C)(C(=O)O)c1cc(F)c(C)cc1F. The van der Waals surface area contributed by atoms with E-state index in [-0.39, 0.29) is 11.1 Å². The van der Waals surface area contributed by atoms with Gasteiger partial charge in [0.05, 0.1) is 0 Å². The van der Waals surface area contributed by atoms with E-state index in [1.807, 2.05) is 0 Å². The van der Waals surface area contributed by atoms with Crippen LogP contribution >= 0.6 is 0 Å². The van der Waals surface area contributed by atoms with Gasteiger partial charge in [0.2, 0.25) is 5.91 Å². The van der Waals surface area contributed by atoms with Crippen molar-refractivity contribution >= 4 is 11.9 Å². The predicted octanol–water partition coefficient (Wildman–Crippen LogP) is 2.05. The van der Waals surface area contributed by atoms with Gasteiger partial charge in [-0.25, -0.2) is 13.6 Å². The molecule has 0 saturated heterocycles. The first-order valence-corrected chi connectivity index (χ1v) is 5.56. The number of nitrogens with zero attached hydrogens (tertiary/aromatic N) is 1. The van der Waals surface area contributed by atoms with E-state index in [0.717, 1.165) is 30.9 Å². The fourth-order valence-electron chi connectivity index (χ4n) is 1.77. The van der Waals surface area contributed by atoms with Crippen LogP contribution in [0.3, 0.4) is 0 Å². The van der Waals surface area contributed by atoms with Crippen LogP contribution in [0.15, 0.2) is 12.1 Å². The van der Waals surface area contributed by atoms with E-state index in [4.69, 9.17) is 0 Å². The normalized spacial score (nSPS) is 13.8. The Kier molecular flexibility index (Phi) is 3.93. The molecule has 1 aromatic carbocycles. The highest BCUT2D eigenvalue weighted by Gasteiger charge is 2.43. The molecule has 1 atom stereocenters. The molecule has 0 radical (unpaired) electrons. The van der Waals surface area contributed by atoms with Gasteiger partial charge in [0.15, 0.2) is 5.54 Å². The number of carbonyl (C=O) groups is 2. The molecule has 1 N–H and O–H groups in total.